The van der Waals surface area contributed by atoms with Gasteiger partial charge in [0, 0.05) is 24.2 Å². The Morgan fingerprint density at radius 1 is 1.11 bits per heavy atom. The molecule has 0 spiro atoms. The fraction of sp³-hybridized carbons (Fsp3) is 0.333. The summed E-state index contributed by atoms with van der Waals surface area (Å²) in [4.78, 5) is 25.4. The van der Waals surface area contributed by atoms with Crippen molar-refractivity contribution in [2.75, 3.05) is 16.3 Å². The normalized spacial score (nSPS) is 21.3. The number of aliphatic hydroxyl groups excluding tert-OH is 1. The highest BCUT2D eigenvalue weighted by Crippen LogP contribution is 2.44. The van der Waals surface area contributed by atoms with Crippen LogP contribution in [0.15, 0.2) is 55.0 Å². The Kier molecular flexibility index (Phi) is 6.18. The molecule has 1 unspecified atom stereocenters. The quantitative estimate of drug-likeness (QED) is 0.356. The maximum absolute atomic E-state index is 12.8. The lowest BCUT2D eigenvalue weighted by molar-refractivity contribution is 0.0920. The number of aliphatic hydroxyl groups is 1. The number of carbonyl (C=O) groups is 1. The van der Waals surface area contributed by atoms with Gasteiger partial charge in [-0.25, -0.2) is 4.98 Å². The molecule has 4 heterocycles. The monoisotopic (exact) mass is 517 g/mol. The van der Waals surface area contributed by atoms with Gasteiger partial charge in [0.1, 0.15) is 0 Å². The average Bonchev–Trinajstić information content (AvgIpc) is 3.48. The summed E-state index contributed by atoms with van der Waals surface area (Å²) >= 11 is 6.04. The molecule has 3 aromatic heterocycles. The summed E-state index contributed by atoms with van der Waals surface area (Å²) in [7, 11) is 0. The van der Waals surface area contributed by atoms with Crippen molar-refractivity contribution in [1.82, 2.24) is 25.5 Å². The van der Waals surface area contributed by atoms with E-state index in [2.05, 4.69) is 36.4 Å². The number of anilines is 3. The third kappa shape index (κ3) is 4.49. The van der Waals surface area contributed by atoms with Crippen LogP contribution in [0.1, 0.15) is 41.7 Å². The number of aromatic amines is 1. The number of amides is 1. The first-order valence-corrected chi connectivity index (χ1v) is 12.9. The van der Waals surface area contributed by atoms with Gasteiger partial charge in [0.25, 0.3) is 5.91 Å². The van der Waals surface area contributed by atoms with Gasteiger partial charge in [-0.2, -0.15) is 5.10 Å². The average molecular weight is 518 g/mol. The molecule has 1 aliphatic heterocycles. The van der Waals surface area contributed by atoms with Gasteiger partial charge in [0.15, 0.2) is 5.65 Å². The van der Waals surface area contributed by atoms with E-state index in [9.17, 15) is 9.90 Å². The number of fused-ring (bicyclic) bond motifs is 2. The summed E-state index contributed by atoms with van der Waals surface area (Å²) in [6.45, 7) is 2.54. The van der Waals surface area contributed by atoms with E-state index in [-0.39, 0.29) is 11.9 Å². The Bertz CT molecular complexity index is 1450. The van der Waals surface area contributed by atoms with Gasteiger partial charge in [-0.1, -0.05) is 23.7 Å². The Morgan fingerprint density at radius 3 is 2.70 bits per heavy atom. The van der Waals surface area contributed by atoms with E-state index in [1.807, 2.05) is 36.1 Å². The lowest BCUT2D eigenvalue weighted by Gasteiger charge is -2.34. The van der Waals surface area contributed by atoms with Crippen LogP contribution >= 0.6 is 11.6 Å². The van der Waals surface area contributed by atoms with E-state index >= 15 is 0 Å². The third-order valence-electron chi connectivity index (χ3n) is 7.45. The van der Waals surface area contributed by atoms with Crippen molar-refractivity contribution < 1.29 is 9.90 Å². The van der Waals surface area contributed by atoms with Crippen molar-refractivity contribution in [3.63, 3.8) is 0 Å². The topological polar surface area (TPSA) is 110 Å². The van der Waals surface area contributed by atoms with Gasteiger partial charge in [0.05, 0.1) is 45.7 Å². The summed E-state index contributed by atoms with van der Waals surface area (Å²) in [6.07, 6.45) is 7.92. The summed E-state index contributed by atoms with van der Waals surface area (Å²) in [6, 6.07) is 11.8. The molecule has 1 saturated carbocycles. The number of carbonyl (C=O) groups excluding carboxylic acids is 1. The van der Waals surface area contributed by atoms with Crippen LogP contribution in [-0.4, -0.2) is 50.1 Å². The highest BCUT2D eigenvalue weighted by molar-refractivity contribution is 6.30. The number of hydrogen-bond donors (Lipinski definition) is 3. The van der Waals surface area contributed by atoms with E-state index in [4.69, 9.17) is 11.6 Å². The van der Waals surface area contributed by atoms with Crippen LogP contribution < -0.4 is 15.1 Å². The van der Waals surface area contributed by atoms with Crippen LogP contribution in [0.3, 0.4) is 0 Å². The number of halogens is 1. The highest BCUT2D eigenvalue weighted by atomic mass is 35.5. The number of H-pyrrole nitrogens is 1. The Morgan fingerprint density at radius 2 is 1.89 bits per heavy atom. The molecular weight excluding hydrogens is 490 g/mol. The van der Waals surface area contributed by atoms with Crippen LogP contribution in [0.4, 0.5) is 17.1 Å². The molecule has 190 valence electrons. The van der Waals surface area contributed by atoms with Gasteiger partial charge in [-0.3, -0.25) is 19.8 Å². The largest absolute Gasteiger partial charge is 0.356 e. The lowest BCUT2D eigenvalue weighted by atomic mass is 9.85. The number of benzene rings is 1. The summed E-state index contributed by atoms with van der Waals surface area (Å²) < 4.78 is 0. The molecule has 0 saturated heterocycles. The van der Waals surface area contributed by atoms with Crippen molar-refractivity contribution in [2.45, 2.75) is 45.0 Å². The fourth-order valence-electron chi connectivity index (χ4n) is 5.49. The van der Waals surface area contributed by atoms with Crippen LogP contribution in [0, 0.1) is 12.8 Å². The molecule has 2 aliphatic rings. The summed E-state index contributed by atoms with van der Waals surface area (Å²) in [5.41, 5.74) is 4.67. The minimum atomic E-state index is -0.834. The van der Waals surface area contributed by atoms with Crippen molar-refractivity contribution in [2.24, 2.45) is 5.92 Å². The molecule has 1 aromatic carbocycles. The Hall–Kier alpha value is -3.69. The number of nitrogens with zero attached hydrogens (tertiary/aromatic N) is 5. The zero-order valence-electron chi connectivity index (χ0n) is 20.4. The lowest BCUT2D eigenvalue weighted by Crippen LogP contribution is -2.45. The van der Waals surface area contributed by atoms with Crippen molar-refractivity contribution in [1.29, 1.82) is 0 Å². The van der Waals surface area contributed by atoms with Crippen LogP contribution in [0.5, 0.6) is 0 Å². The fourth-order valence-corrected chi connectivity index (χ4v) is 5.65. The smallest absolute Gasteiger partial charge is 0.253 e. The Labute approximate surface area is 219 Å². The third-order valence-corrected chi connectivity index (χ3v) is 7.66. The Balaban J connectivity index is 1.13. The zero-order valence-corrected chi connectivity index (χ0v) is 21.2. The molecule has 6 rings (SSSR count). The minimum Gasteiger partial charge on any atom is -0.356 e. The number of para-hydroxylation sites is 2. The second-order valence-corrected chi connectivity index (χ2v) is 10.3. The number of rotatable bonds is 5. The van der Waals surface area contributed by atoms with Gasteiger partial charge in [0.2, 0.25) is 6.35 Å². The van der Waals surface area contributed by atoms with E-state index in [1.165, 1.54) is 0 Å². The van der Waals surface area contributed by atoms with Gasteiger partial charge >= 0.3 is 0 Å². The number of aromatic nitrogens is 4. The van der Waals surface area contributed by atoms with E-state index < -0.39 is 6.35 Å². The SMILES string of the molecule is Cc1ncc(Cl)cc1C(=O)N[C@H]1CC[C@H](CN2c3ccccc3N(c3cnc4[nH]ncc4c3)C2O)CC1. The first-order chi connectivity index (χ1) is 18.0. The first kappa shape index (κ1) is 23.7. The first-order valence-electron chi connectivity index (χ1n) is 12.5. The predicted octanol–water partition coefficient (Wildman–Crippen LogP) is 4.54. The van der Waals surface area contributed by atoms with Crippen molar-refractivity contribution in [3.05, 3.63) is 71.3 Å². The molecule has 3 N–H and O–H groups in total. The summed E-state index contributed by atoms with van der Waals surface area (Å²) in [5.74, 6) is 0.276. The van der Waals surface area contributed by atoms with Crippen molar-refractivity contribution in [3.8, 4) is 0 Å². The number of pyridine rings is 2. The zero-order chi connectivity index (χ0) is 25.5. The predicted molar refractivity (Wildman–Crippen MR) is 143 cm³/mol. The molecule has 0 radical (unpaired) electrons. The highest BCUT2D eigenvalue weighted by Gasteiger charge is 2.37. The molecule has 1 atom stereocenters. The number of hydrogen-bond acceptors (Lipinski definition) is 7. The number of aryl methyl sites for hydroxylation is 1. The molecule has 4 aromatic rings. The van der Waals surface area contributed by atoms with Gasteiger partial charge in [-0.05, 0) is 62.8 Å². The molecule has 9 nitrogen and oxygen atoms in total. The van der Waals surface area contributed by atoms with Crippen LogP contribution in [0.2, 0.25) is 5.02 Å². The second-order valence-electron chi connectivity index (χ2n) is 9.84. The van der Waals surface area contributed by atoms with Crippen molar-refractivity contribution >= 4 is 45.6 Å². The molecule has 0 bridgehead atoms. The number of nitrogens with one attached hydrogen (secondary N) is 2. The summed E-state index contributed by atoms with van der Waals surface area (Å²) in [5, 5.41) is 22.9. The molecular formula is C27H28ClN7O2. The maximum Gasteiger partial charge on any atom is 0.253 e. The van der Waals surface area contributed by atoms with E-state index in [1.54, 1.807) is 24.7 Å². The second kappa shape index (κ2) is 9.64. The van der Waals surface area contributed by atoms with E-state index in [0.29, 0.717) is 27.8 Å². The van der Waals surface area contributed by atoms with E-state index in [0.717, 1.165) is 54.7 Å². The molecule has 1 amide bonds. The molecule has 37 heavy (non-hydrogen) atoms. The molecule has 1 fully saturated rings. The van der Waals surface area contributed by atoms with Crippen LogP contribution in [0.25, 0.3) is 11.0 Å². The minimum absolute atomic E-state index is 0.113. The standard InChI is InChI=1S/C27H28ClN7O2/c1-16-22(11-19(28)13-29-16)26(36)32-20-8-6-17(7-9-20)15-34-23-4-2-3-5-24(23)35(27(34)37)21-10-18-12-31-33-25(18)30-14-21/h2-5,10-14,17,20,27,37H,6-9,15H2,1H3,(H,32,36)(H,30,31,33)/t17-,20-,27?. The van der Waals surface area contributed by atoms with Gasteiger partial charge < -0.3 is 15.3 Å². The molecule has 10 heteroatoms. The van der Waals surface area contributed by atoms with Gasteiger partial charge in [-0.15, -0.1) is 0 Å². The van der Waals surface area contributed by atoms with Crippen LogP contribution in [-0.2, 0) is 0 Å². The maximum atomic E-state index is 12.8. The molecule has 1 aliphatic carbocycles.